The number of anilines is 3. The maximum absolute atomic E-state index is 13.9. The van der Waals surface area contributed by atoms with Gasteiger partial charge in [-0.3, -0.25) is 9.59 Å². The summed E-state index contributed by atoms with van der Waals surface area (Å²) in [6, 6.07) is 11.1. The van der Waals surface area contributed by atoms with Crippen LogP contribution in [0.2, 0.25) is 5.02 Å². The summed E-state index contributed by atoms with van der Waals surface area (Å²) in [7, 11) is 0. The number of piperazine rings is 1. The summed E-state index contributed by atoms with van der Waals surface area (Å²) in [4.78, 5) is 27.8. The van der Waals surface area contributed by atoms with E-state index in [-0.39, 0.29) is 10.8 Å². The molecule has 1 fully saturated rings. The molecule has 0 aromatic heterocycles. The Kier molecular flexibility index (Phi) is 5.27. The largest absolute Gasteiger partial charge is 0.399 e. The number of nitrogens with zero attached hydrogens (tertiary/aromatic N) is 2. The summed E-state index contributed by atoms with van der Waals surface area (Å²) < 4.78 is 13.9. The number of hydrogen-bond acceptors (Lipinski definition) is 4. The first-order chi connectivity index (χ1) is 12.5. The SMILES string of the molecule is Nc1ccc(NC(=O)C(=O)N2CCN(c3ccccc3F)CC2)c(Cl)c1. The highest BCUT2D eigenvalue weighted by Gasteiger charge is 2.27. The molecule has 0 radical (unpaired) electrons. The van der Waals surface area contributed by atoms with Gasteiger partial charge in [0.25, 0.3) is 0 Å². The number of nitrogen functional groups attached to an aromatic ring is 1. The van der Waals surface area contributed by atoms with Crippen LogP contribution >= 0.6 is 11.6 Å². The van der Waals surface area contributed by atoms with Crippen molar-refractivity contribution in [3.63, 3.8) is 0 Å². The smallest absolute Gasteiger partial charge is 0.313 e. The van der Waals surface area contributed by atoms with Gasteiger partial charge in [-0.1, -0.05) is 23.7 Å². The second-order valence-electron chi connectivity index (χ2n) is 5.92. The Bertz CT molecular complexity index is 838. The van der Waals surface area contributed by atoms with Crippen molar-refractivity contribution in [2.45, 2.75) is 0 Å². The zero-order valence-corrected chi connectivity index (χ0v) is 14.7. The lowest BCUT2D eigenvalue weighted by Gasteiger charge is -2.35. The van der Waals surface area contributed by atoms with Crippen LogP contribution in [-0.2, 0) is 9.59 Å². The number of hydrogen-bond donors (Lipinski definition) is 2. The van der Waals surface area contributed by atoms with E-state index in [1.165, 1.54) is 17.0 Å². The van der Waals surface area contributed by atoms with Gasteiger partial charge < -0.3 is 20.9 Å². The van der Waals surface area contributed by atoms with Gasteiger partial charge in [-0.05, 0) is 30.3 Å². The van der Waals surface area contributed by atoms with Gasteiger partial charge in [0, 0.05) is 31.9 Å². The minimum Gasteiger partial charge on any atom is -0.399 e. The molecule has 6 nitrogen and oxygen atoms in total. The van der Waals surface area contributed by atoms with Crippen molar-refractivity contribution in [2.75, 3.05) is 42.1 Å². The summed E-state index contributed by atoms with van der Waals surface area (Å²) in [5.41, 5.74) is 6.89. The molecule has 0 atom stereocenters. The second-order valence-corrected chi connectivity index (χ2v) is 6.33. The van der Waals surface area contributed by atoms with Crippen molar-refractivity contribution in [3.8, 4) is 0 Å². The molecule has 1 aliphatic heterocycles. The van der Waals surface area contributed by atoms with E-state index in [4.69, 9.17) is 17.3 Å². The maximum atomic E-state index is 13.9. The van der Waals surface area contributed by atoms with Gasteiger partial charge in [0.1, 0.15) is 5.82 Å². The molecule has 3 rings (SSSR count). The monoisotopic (exact) mass is 376 g/mol. The third-order valence-corrected chi connectivity index (χ3v) is 4.51. The standard InChI is InChI=1S/C18H18ClFN4O2/c19-13-11-12(21)5-6-15(13)22-17(25)18(26)24-9-7-23(8-10-24)16-4-2-1-3-14(16)20/h1-6,11H,7-10,21H2,(H,22,25). The first-order valence-corrected chi connectivity index (χ1v) is 8.48. The second kappa shape index (κ2) is 7.61. The molecule has 2 aromatic rings. The molecule has 1 saturated heterocycles. The number of para-hydroxylation sites is 1. The van der Waals surface area contributed by atoms with E-state index in [2.05, 4.69) is 5.32 Å². The van der Waals surface area contributed by atoms with Crippen molar-refractivity contribution in [2.24, 2.45) is 0 Å². The molecule has 3 N–H and O–H groups in total. The number of amides is 2. The fourth-order valence-corrected chi connectivity index (χ4v) is 3.05. The summed E-state index contributed by atoms with van der Waals surface area (Å²) >= 11 is 6.00. The van der Waals surface area contributed by atoms with E-state index in [0.29, 0.717) is 43.2 Å². The summed E-state index contributed by atoms with van der Waals surface area (Å²) in [6.07, 6.45) is 0. The molecule has 0 bridgehead atoms. The number of carbonyl (C=O) groups excluding carboxylic acids is 2. The zero-order valence-electron chi connectivity index (χ0n) is 13.9. The fourth-order valence-electron chi connectivity index (χ4n) is 2.81. The van der Waals surface area contributed by atoms with Crippen molar-refractivity contribution in [1.82, 2.24) is 4.90 Å². The normalized spacial score (nSPS) is 14.2. The molecule has 1 aliphatic rings. The number of rotatable bonds is 2. The molecule has 0 aliphatic carbocycles. The van der Waals surface area contributed by atoms with Crippen molar-refractivity contribution in [1.29, 1.82) is 0 Å². The Labute approximate surface area is 155 Å². The predicted molar refractivity (Wildman–Crippen MR) is 99.7 cm³/mol. The highest BCUT2D eigenvalue weighted by Crippen LogP contribution is 2.24. The molecule has 0 saturated carbocycles. The van der Waals surface area contributed by atoms with Gasteiger partial charge in [0.05, 0.1) is 16.4 Å². The van der Waals surface area contributed by atoms with E-state index in [1.54, 1.807) is 30.3 Å². The van der Waals surface area contributed by atoms with Gasteiger partial charge in [-0.15, -0.1) is 0 Å². The molecule has 26 heavy (non-hydrogen) atoms. The summed E-state index contributed by atoms with van der Waals surface area (Å²) in [5, 5.41) is 2.75. The third-order valence-electron chi connectivity index (χ3n) is 4.20. The van der Waals surface area contributed by atoms with Gasteiger partial charge in [0.15, 0.2) is 0 Å². The van der Waals surface area contributed by atoms with Crippen LogP contribution in [0.3, 0.4) is 0 Å². The van der Waals surface area contributed by atoms with Crippen LogP contribution in [0.15, 0.2) is 42.5 Å². The fraction of sp³-hybridized carbons (Fsp3) is 0.222. The van der Waals surface area contributed by atoms with Crippen molar-refractivity contribution in [3.05, 3.63) is 53.3 Å². The molecule has 2 aromatic carbocycles. The lowest BCUT2D eigenvalue weighted by Crippen LogP contribution is -2.51. The molecular weight excluding hydrogens is 359 g/mol. The van der Waals surface area contributed by atoms with Crippen LogP contribution in [0.5, 0.6) is 0 Å². The molecule has 0 unspecified atom stereocenters. The Morgan fingerprint density at radius 3 is 2.42 bits per heavy atom. The highest BCUT2D eigenvalue weighted by atomic mass is 35.5. The van der Waals surface area contributed by atoms with Gasteiger partial charge in [-0.2, -0.15) is 0 Å². The van der Waals surface area contributed by atoms with E-state index in [0.717, 1.165) is 0 Å². The summed E-state index contributed by atoms with van der Waals surface area (Å²) in [6.45, 7) is 1.55. The first kappa shape index (κ1) is 18.0. The molecule has 136 valence electrons. The van der Waals surface area contributed by atoms with Crippen LogP contribution in [0, 0.1) is 5.82 Å². The molecule has 2 amide bonds. The Morgan fingerprint density at radius 1 is 1.08 bits per heavy atom. The van der Waals surface area contributed by atoms with E-state index >= 15 is 0 Å². The molecule has 8 heteroatoms. The number of nitrogens with two attached hydrogens (primary N) is 1. The maximum Gasteiger partial charge on any atom is 0.313 e. The van der Waals surface area contributed by atoms with E-state index in [1.807, 2.05) is 4.90 Å². The number of carbonyl (C=O) groups is 2. The highest BCUT2D eigenvalue weighted by molar-refractivity contribution is 6.41. The molecule has 1 heterocycles. The van der Waals surface area contributed by atoms with Crippen LogP contribution in [0.25, 0.3) is 0 Å². The quantitative estimate of drug-likeness (QED) is 0.623. The van der Waals surface area contributed by atoms with Crippen LogP contribution in [0.1, 0.15) is 0 Å². The minimum absolute atomic E-state index is 0.260. The van der Waals surface area contributed by atoms with E-state index < -0.39 is 11.8 Å². The molecular formula is C18H18ClFN4O2. The molecule has 0 spiro atoms. The number of benzene rings is 2. The average molecular weight is 377 g/mol. The van der Waals surface area contributed by atoms with Gasteiger partial charge >= 0.3 is 11.8 Å². The summed E-state index contributed by atoms with van der Waals surface area (Å²) in [5.74, 6) is -1.72. The topological polar surface area (TPSA) is 78.7 Å². The Balaban J connectivity index is 1.59. The zero-order chi connectivity index (χ0) is 18.7. The Morgan fingerprint density at radius 2 is 1.77 bits per heavy atom. The number of halogens is 2. The van der Waals surface area contributed by atoms with Gasteiger partial charge in [0.2, 0.25) is 0 Å². The lowest BCUT2D eigenvalue weighted by molar-refractivity contribution is -0.143. The van der Waals surface area contributed by atoms with Crippen LogP contribution < -0.4 is 16.0 Å². The first-order valence-electron chi connectivity index (χ1n) is 8.10. The predicted octanol–water partition coefficient (Wildman–Crippen LogP) is 2.35. The van der Waals surface area contributed by atoms with Crippen molar-refractivity contribution < 1.29 is 14.0 Å². The lowest BCUT2D eigenvalue weighted by atomic mass is 10.2. The minimum atomic E-state index is -0.768. The third kappa shape index (κ3) is 3.88. The van der Waals surface area contributed by atoms with Crippen LogP contribution in [-0.4, -0.2) is 42.9 Å². The Hall–Kier alpha value is -2.80. The number of nitrogens with one attached hydrogen (secondary N) is 1. The van der Waals surface area contributed by atoms with Crippen molar-refractivity contribution >= 4 is 40.5 Å². The van der Waals surface area contributed by atoms with Crippen LogP contribution in [0.4, 0.5) is 21.5 Å². The average Bonchev–Trinajstić information content (AvgIpc) is 2.64. The van der Waals surface area contributed by atoms with E-state index in [9.17, 15) is 14.0 Å². The van der Waals surface area contributed by atoms with Gasteiger partial charge in [-0.25, -0.2) is 4.39 Å².